The minimum absolute atomic E-state index is 0.0397. The zero-order chi connectivity index (χ0) is 12.0. The molecule has 0 aromatic carbocycles. The lowest BCUT2D eigenvalue weighted by Gasteiger charge is -2.07. The lowest BCUT2D eigenvalue weighted by Crippen LogP contribution is -2.24. The first-order valence-corrected chi connectivity index (χ1v) is 5.46. The Morgan fingerprint density at radius 3 is 2.56 bits per heavy atom. The van der Waals surface area contributed by atoms with Crippen LogP contribution in [0.1, 0.15) is 0 Å². The van der Waals surface area contributed by atoms with Crippen LogP contribution in [0.3, 0.4) is 0 Å². The monoisotopic (exact) mass is 251 g/mol. The van der Waals surface area contributed by atoms with Crippen LogP contribution < -0.4 is 0 Å². The van der Waals surface area contributed by atoms with E-state index in [0.717, 1.165) is 18.5 Å². The van der Waals surface area contributed by atoms with Gasteiger partial charge in [0.1, 0.15) is 5.58 Å². The first-order valence-electron chi connectivity index (χ1n) is 3.97. The predicted octanol–water partition coefficient (Wildman–Crippen LogP) is 2.12. The smallest absolute Gasteiger partial charge is 0.464 e. The molecule has 0 unspecified atom stereocenters. The molecular weight excluding hydrogens is 247 g/mol. The highest BCUT2D eigenvalue weighted by atomic mass is 32.2. The molecule has 0 N–H and O–H groups in total. The molecule has 0 radical (unpaired) electrons. The first-order chi connectivity index (χ1) is 7.34. The van der Waals surface area contributed by atoms with Crippen molar-refractivity contribution in [3.63, 3.8) is 0 Å². The molecule has 0 aliphatic heterocycles. The van der Waals surface area contributed by atoms with E-state index in [-0.39, 0.29) is 11.0 Å². The number of hydrogen-bond donors (Lipinski definition) is 0. The second-order valence-electron chi connectivity index (χ2n) is 2.90. The third kappa shape index (κ3) is 1.45. The summed E-state index contributed by atoms with van der Waals surface area (Å²) in [5.74, 6) is 0. The van der Waals surface area contributed by atoms with Crippen LogP contribution in [-0.2, 0) is 9.84 Å². The summed E-state index contributed by atoms with van der Waals surface area (Å²) in [6.45, 7) is 0. The van der Waals surface area contributed by atoms with Crippen molar-refractivity contribution in [1.82, 2.24) is 4.98 Å². The molecule has 4 nitrogen and oxygen atoms in total. The van der Waals surface area contributed by atoms with Gasteiger partial charge in [-0.15, -0.1) is 0 Å². The van der Waals surface area contributed by atoms with Gasteiger partial charge in [-0.3, -0.25) is 0 Å². The summed E-state index contributed by atoms with van der Waals surface area (Å²) in [5.41, 5.74) is -5.33. The van der Waals surface area contributed by atoms with Gasteiger partial charge in [0.2, 0.25) is 0 Å². The molecule has 8 heteroatoms. The molecule has 0 bridgehead atoms. The van der Waals surface area contributed by atoms with Gasteiger partial charge in [0, 0.05) is 6.20 Å². The summed E-state index contributed by atoms with van der Waals surface area (Å²) in [6.07, 6.45) is 2.05. The van der Waals surface area contributed by atoms with Crippen molar-refractivity contribution in [2.24, 2.45) is 0 Å². The normalized spacial score (nSPS) is 13.2. The van der Waals surface area contributed by atoms with Crippen LogP contribution in [0.2, 0.25) is 0 Å². The van der Waals surface area contributed by atoms with Crippen LogP contribution in [0, 0.1) is 0 Å². The minimum atomic E-state index is -5.44. The second kappa shape index (κ2) is 3.21. The SMILES string of the molecule is O=S(=O)(c1nccc2occc12)C(F)(F)F. The molecule has 0 saturated carbocycles. The van der Waals surface area contributed by atoms with E-state index in [0.29, 0.717) is 0 Å². The van der Waals surface area contributed by atoms with Crippen LogP contribution in [-0.4, -0.2) is 18.9 Å². The molecular formula is C8H4F3NO3S. The number of alkyl halides is 3. The lowest BCUT2D eigenvalue weighted by molar-refractivity contribution is -0.0437. The van der Waals surface area contributed by atoms with Crippen LogP contribution in [0.4, 0.5) is 13.2 Å². The average molecular weight is 251 g/mol. The highest BCUT2D eigenvalue weighted by Crippen LogP contribution is 2.33. The van der Waals surface area contributed by atoms with Gasteiger partial charge in [-0.05, 0) is 12.1 Å². The predicted molar refractivity (Wildman–Crippen MR) is 47.2 cm³/mol. The van der Waals surface area contributed by atoms with E-state index in [1.54, 1.807) is 0 Å². The highest BCUT2D eigenvalue weighted by Gasteiger charge is 2.48. The van der Waals surface area contributed by atoms with E-state index in [9.17, 15) is 21.6 Å². The fourth-order valence-corrected chi connectivity index (χ4v) is 2.07. The number of rotatable bonds is 1. The summed E-state index contributed by atoms with van der Waals surface area (Å²) in [7, 11) is -5.44. The molecule has 2 aromatic heterocycles. The molecule has 2 aromatic rings. The molecule has 0 spiro atoms. The van der Waals surface area contributed by atoms with Crippen molar-refractivity contribution in [3.8, 4) is 0 Å². The Kier molecular flexibility index (Phi) is 2.19. The van der Waals surface area contributed by atoms with E-state index in [2.05, 4.69) is 4.98 Å². The van der Waals surface area contributed by atoms with E-state index in [1.807, 2.05) is 0 Å². The zero-order valence-corrected chi connectivity index (χ0v) is 8.34. The minimum Gasteiger partial charge on any atom is -0.464 e. The molecule has 0 aliphatic carbocycles. The molecule has 0 aliphatic rings. The maximum absolute atomic E-state index is 12.3. The summed E-state index contributed by atoms with van der Waals surface area (Å²) >= 11 is 0. The van der Waals surface area contributed by atoms with Crippen LogP contribution in [0.5, 0.6) is 0 Å². The Morgan fingerprint density at radius 1 is 1.25 bits per heavy atom. The lowest BCUT2D eigenvalue weighted by atomic mass is 10.3. The third-order valence-corrected chi connectivity index (χ3v) is 3.35. The standard InChI is InChI=1S/C8H4F3NO3S/c9-8(10,11)16(13,14)7-5-2-4-15-6(5)1-3-12-7/h1-4H. The number of aromatic nitrogens is 1. The first kappa shape index (κ1) is 10.9. The van der Waals surface area contributed by atoms with Gasteiger partial charge in [-0.1, -0.05) is 0 Å². The van der Waals surface area contributed by atoms with Gasteiger partial charge in [0.25, 0.3) is 9.84 Å². The fraction of sp³-hybridized carbons (Fsp3) is 0.125. The van der Waals surface area contributed by atoms with Gasteiger partial charge in [-0.25, -0.2) is 13.4 Å². The summed E-state index contributed by atoms with van der Waals surface area (Å²) in [6, 6.07) is 2.41. The van der Waals surface area contributed by atoms with Crippen molar-refractivity contribution in [3.05, 3.63) is 24.6 Å². The van der Waals surface area contributed by atoms with Gasteiger partial charge in [-0.2, -0.15) is 13.2 Å². The largest absolute Gasteiger partial charge is 0.503 e. The summed E-state index contributed by atoms with van der Waals surface area (Å²) in [4.78, 5) is 3.25. The van der Waals surface area contributed by atoms with Gasteiger partial charge < -0.3 is 4.42 Å². The molecule has 0 saturated heterocycles. The van der Waals surface area contributed by atoms with E-state index >= 15 is 0 Å². The number of sulfone groups is 1. The Bertz CT molecular complexity index is 629. The van der Waals surface area contributed by atoms with E-state index in [1.165, 1.54) is 6.07 Å². The second-order valence-corrected chi connectivity index (χ2v) is 4.75. The van der Waals surface area contributed by atoms with E-state index < -0.39 is 20.4 Å². The van der Waals surface area contributed by atoms with Crippen LogP contribution in [0.15, 0.2) is 34.0 Å². The number of halogens is 3. The molecule has 0 amide bonds. The Balaban J connectivity index is 2.79. The number of fused-ring (bicyclic) bond motifs is 1. The summed E-state index contributed by atoms with van der Waals surface area (Å²) < 4.78 is 64.0. The average Bonchev–Trinajstić information content (AvgIpc) is 2.62. The van der Waals surface area contributed by atoms with Crippen molar-refractivity contribution >= 4 is 20.8 Å². The molecule has 86 valence electrons. The van der Waals surface area contributed by atoms with Gasteiger partial charge >= 0.3 is 5.51 Å². The number of pyridine rings is 1. The van der Waals surface area contributed by atoms with Crippen molar-refractivity contribution in [2.45, 2.75) is 10.5 Å². The molecule has 16 heavy (non-hydrogen) atoms. The van der Waals surface area contributed by atoms with Gasteiger partial charge in [0.15, 0.2) is 5.03 Å². The van der Waals surface area contributed by atoms with Crippen molar-refractivity contribution in [1.29, 1.82) is 0 Å². The van der Waals surface area contributed by atoms with Crippen LogP contribution in [0.25, 0.3) is 11.0 Å². The number of furan rings is 1. The molecule has 0 fully saturated rings. The Morgan fingerprint density at radius 2 is 1.94 bits per heavy atom. The fourth-order valence-electron chi connectivity index (χ4n) is 1.19. The maximum Gasteiger partial charge on any atom is 0.503 e. The molecule has 0 atom stereocenters. The van der Waals surface area contributed by atoms with E-state index in [4.69, 9.17) is 4.42 Å². The number of hydrogen-bond acceptors (Lipinski definition) is 4. The maximum atomic E-state index is 12.3. The third-order valence-electron chi connectivity index (χ3n) is 1.90. The van der Waals surface area contributed by atoms with Crippen LogP contribution >= 0.6 is 0 Å². The zero-order valence-electron chi connectivity index (χ0n) is 7.52. The Labute approximate surface area is 87.6 Å². The van der Waals surface area contributed by atoms with Crippen molar-refractivity contribution < 1.29 is 26.0 Å². The number of nitrogens with zero attached hydrogens (tertiary/aromatic N) is 1. The summed E-state index contributed by atoms with van der Waals surface area (Å²) in [5, 5.41) is -1.22. The van der Waals surface area contributed by atoms with Crippen molar-refractivity contribution in [2.75, 3.05) is 0 Å². The molecule has 2 rings (SSSR count). The topological polar surface area (TPSA) is 60.2 Å². The quantitative estimate of drug-likeness (QED) is 0.778. The highest BCUT2D eigenvalue weighted by molar-refractivity contribution is 7.92. The molecule has 2 heterocycles. The van der Waals surface area contributed by atoms with Gasteiger partial charge in [0.05, 0.1) is 11.6 Å². The Hall–Kier alpha value is -1.57.